The number of hydrogen-bond donors (Lipinski definition) is 3. The molecule has 102 valence electrons. The highest BCUT2D eigenvalue weighted by Gasteiger charge is 2.09. The van der Waals surface area contributed by atoms with Crippen LogP contribution in [-0.2, 0) is 6.42 Å². The Labute approximate surface area is 123 Å². The van der Waals surface area contributed by atoms with Gasteiger partial charge in [-0.25, -0.2) is 0 Å². The van der Waals surface area contributed by atoms with Gasteiger partial charge in [0.1, 0.15) is 5.65 Å². The smallest absolute Gasteiger partial charge is 0.261 e. The molecule has 0 aliphatic carbocycles. The van der Waals surface area contributed by atoms with Crippen LogP contribution in [0.15, 0.2) is 29.1 Å². The number of nitrogens with two attached hydrogens (primary N) is 1. The second-order valence-corrected chi connectivity index (χ2v) is 5.26. The van der Waals surface area contributed by atoms with Gasteiger partial charge in [-0.2, -0.15) is 4.98 Å². The number of hydrogen-bond acceptors (Lipinski definition) is 3. The lowest BCUT2D eigenvalue weighted by molar-refractivity contribution is 1.10. The quantitative estimate of drug-likeness (QED) is 0.680. The monoisotopic (exact) mass is 308 g/mol. The van der Waals surface area contributed by atoms with Gasteiger partial charge in [-0.15, -0.1) is 0 Å². The number of benzene rings is 1. The van der Waals surface area contributed by atoms with Gasteiger partial charge in [0.15, 0.2) is 0 Å². The minimum Gasteiger partial charge on any atom is -0.369 e. The van der Waals surface area contributed by atoms with Crippen molar-refractivity contribution in [1.29, 1.82) is 0 Å². The zero-order valence-electron chi connectivity index (χ0n) is 10.2. The van der Waals surface area contributed by atoms with Crippen LogP contribution in [-0.4, -0.2) is 15.0 Å². The van der Waals surface area contributed by atoms with Gasteiger partial charge < -0.3 is 10.7 Å². The molecule has 0 saturated carbocycles. The molecule has 0 radical (unpaired) electrons. The van der Waals surface area contributed by atoms with Crippen LogP contribution in [0.5, 0.6) is 0 Å². The number of aromatic amines is 2. The van der Waals surface area contributed by atoms with Crippen LogP contribution in [0.3, 0.4) is 0 Å². The van der Waals surface area contributed by atoms with E-state index < -0.39 is 0 Å². The van der Waals surface area contributed by atoms with Crippen molar-refractivity contribution in [2.75, 3.05) is 5.73 Å². The number of nitrogens with one attached hydrogen (secondary N) is 2. The fraction of sp³-hybridized carbons (Fsp3) is 0.0769. The zero-order chi connectivity index (χ0) is 14.3. The highest BCUT2D eigenvalue weighted by Crippen LogP contribution is 2.23. The van der Waals surface area contributed by atoms with E-state index in [1.165, 1.54) is 0 Å². The highest BCUT2D eigenvalue weighted by atomic mass is 35.5. The molecule has 0 aliphatic heterocycles. The summed E-state index contributed by atoms with van der Waals surface area (Å²) in [5.74, 6) is 0.0837. The van der Waals surface area contributed by atoms with Gasteiger partial charge in [0.2, 0.25) is 5.95 Å². The molecular formula is C13H10Cl2N4O. The maximum Gasteiger partial charge on any atom is 0.261 e. The van der Waals surface area contributed by atoms with Crippen molar-refractivity contribution in [1.82, 2.24) is 15.0 Å². The molecule has 0 amide bonds. The molecule has 5 nitrogen and oxygen atoms in total. The lowest BCUT2D eigenvalue weighted by atomic mass is 10.1. The van der Waals surface area contributed by atoms with Crippen LogP contribution in [0.25, 0.3) is 11.0 Å². The third-order valence-corrected chi connectivity index (χ3v) is 3.55. The Morgan fingerprint density at radius 2 is 2.00 bits per heavy atom. The molecule has 3 rings (SSSR count). The minimum atomic E-state index is -0.266. The number of anilines is 1. The molecule has 4 N–H and O–H groups in total. The van der Waals surface area contributed by atoms with E-state index in [9.17, 15) is 4.79 Å². The minimum absolute atomic E-state index is 0.0837. The first-order chi connectivity index (χ1) is 9.52. The topological polar surface area (TPSA) is 87.6 Å². The molecular weight excluding hydrogens is 299 g/mol. The predicted molar refractivity (Wildman–Crippen MR) is 80.4 cm³/mol. The summed E-state index contributed by atoms with van der Waals surface area (Å²) in [6.45, 7) is 0. The van der Waals surface area contributed by atoms with E-state index in [2.05, 4.69) is 15.0 Å². The van der Waals surface area contributed by atoms with Crippen molar-refractivity contribution >= 4 is 40.2 Å². The molecule has 0 fully saturated rings. The average Bonchev–Trinajstić information content (AvgIpc) is 2.75. The molecule has 0 saturated heterocycles. The maximum absolute atomic E-state index is 11.7. The number of aromatic nitrogens is 3. The summed E-state index contributed by atoms with van der Waals surface area (Å²) >= 11 is 12.0. The average molecular weight is 309 g/mol. The van der Waals surface area contributed by atoms with Crippen molar-refractivity contribution in [3.05, 3.63) is 55.9 Å². The molecule has 20 heavy (non-hydrogen) atoms. The Hall–Kier alpha value is -1.98. The van der Waals surface area contributed by atoms with E-state index in [0.717, 1.165) is 11.3 Å². The summed E-state index contributed by atoms with van der Waals surface area (Å²) in [5.41, 5.74) is 7.44. The van der Waals surface area contributed by atoms with E-state index in [1.54, 1.807) is 18.2 Å². The van der Waals surface area contributed by atoms with Crippen molar-refractivity contribution in [2.24, 2.45) is 0 Å². The van der Waals surface area contributed by atoms with Gasteiger partial charge in [0, 0.05) is 22.2 Å². The van der Waals surface area contributed by atoms with Gasteiger partial charge in [0.25, 0.3) is 5.56 Å². The first-order valence-corrected chi connectivity index (χ1v) is 6.60. The normalized spacial score (nSPS) is 11.1. The number of rotatable bonds is 2. The van der Waals surface area contributed by atoms with E-state index >= 15 is 0 Å². The van der Waals surface area contributed by atoms with Gasteiger partial charge in [-0.1, -0.05) is 29.3 Å². The fourth-order valence-corrected chi connectivity index (χ4v) is 2.53. The Morgan fingerprint density at radius 1 is 1.20 bits per heavy atom. The molecule has 0 atom stereocenters. The van der Waals surface area contributed by atoms with Crippen molar-refractivity contribution in [3.63, 3.8) is 0 Å². The SMILES string of the molecule is Nc1nc2[nH]c(Cc3ccc(Cl)cc3Cl)cc2c(=O)[nH]1. The van der Waals surface area contributed by atoms with Crippen LogP contribution < -0.4 is 11.3 Å². The van der Waals surface area contributed by atoms with Gasteiger partial charge in [-0.05, 0) is 23.8 Å². The summed E-state index contributed by atoms with van der Waals surface area (Å²) in [5, 5.41) is 1.64. The van der Waals surface area contributed by atoms with Crippen molar-refractivity contribution in [3.8, 4) is 0 Å². The van der Waals surface area contributed by atoms with Crippen molar-refractivity contribution in [2.45, 2.75) is 6.42 Å². The Balaban J connectivity index is 2.03. The van der Waals surface area contributed by atoms with E-state index in [0.29, 0.717) is 27.5 Å². The number of nitrogen functional groups attached to an aromatic ring is 1. The summed E-state index contributed by atoms with van der Waals surface area (Å²) in [6.07, 6.45) is 0.547. The third-order valence-electron chi connectivity index (χ3n) is 2.97. The lowest BCUT2D eigenvalue weighted by Crippen LogP contribution is -2.09. The van der Waals surface area contributed by atoms with Crippen LogP contribution in [0.2, 0.25) is 10.0 Å². The number of fused-ring (bicyclic) bond motifs is 1. The molecule has 2 aromatic heterocycles. The van der Waals surface area contributed by atoms with E-state index in [-0.39, 0.29) is 11.5 Å². The predicted octanol–water partition coefficient (Wildman–Crippen LogP) is 2.73. The Morgan fingerprint density at radius 3 is 2.75 bits per heavy atom. The summed E-state index contributed by atoms with van der Waals surface area (Å²) in [4.78, 5) is 21.3. The largest absolute Gasteiger partial charge is 0.369 e. The molecule has 0 bridgehead atoms. The number of H-pyrrole nitrogens is 2. The fourth-order valence-electron chi connectivity index (χ4n) is 2.06. The Kier molecular flexibility index (Phi) is 3.16. The van der Waals surface area contributed by atoms with E-state index in [1.807, 2.05) is 6.07 Å². The standard InChI is InChI=1S/C13H10Cl2N4O/c14-7-2-1-6(10(15)4-7)3-8-5-9-11(17-8)18-13(16)19-12(9)20/h1-2,4-5H,3H2,(H4,16,17,18,19,20). The maximum atomic E-state index is 11.7. The zero-order valence-corrected chi connectivity index (χ0v) is 11.7. The van der Waals surface area contributed by atoms with Crippen LogP contribution in [0.1, 0.15) is 11.3 Å². The molecule has 0 spiro atoms. The third kappa shape index (κ3) is 2.37. The molecule has 0 aliphatic rings. The lowest BCUT2D eigenvalue weighted by Gasteiger charge is -2.02. The van der Waals surface area contributed by atoms with Crippen LogP contribution in [0, 0.1) is 0 Å². The van der Waals surface area contributed by atoms with Crippen LogP contribution >= 0.6 is 23.2 Å². The van der Waals surface area contributed by atoms with E-state index in [4.69, 9.17) is 28.9 Å². The first-order valence-electron chi connectivity index (χ1n) is 5.84. The summed E-state index contributed by atoms with van der Waals surface area (Å²) in [6, 6.07) is 7.05. The number of nitrogens with zero attached hydrogens (tertiary/aromatic N) is 1. The summed E-state index contributed by atoms with van der Waals surface area (Å²) in [7, 11) is 0. The second kappa shape index (κ2) is 4.85. The first kappa shape index (κ1) is 13.0. The van der Waals surface area contributed by atoms with Gasteiger partial charge in [0.05, 0.1) is 5.39 Å². The molecule has 3 aromatic rings. The van der Waals surface area contributed by atoms with Crippen molar-refractivity contribution < 1.29 is 0 Å². The highest BCUT2D eigenvalue weighted by molar-refractivity contribution is 6.35. The second-order valence-electron chi connectivity index (χ2n) is 4.42. The van der Waals surface area contributed by atoms with Gasteiger partial charge >= 0.3 is 0 Å². The summed E-state index contributed by atoms with van der Waals surface area (Å²) < 4.78 is 0. The molecule has 1 aromatic carbocycles. The molecule has 7 heteroatoms. The molecule has 2 heterocycles. The molecule has 0 unspecified atom stereocenters. The number of halogens is 2. The Bertz CT molecular complexity index is 853. The van der Waals surface area contributed by atoms with Gasteiger partial charge in [-0.3, -0.25) is 9.78 Å². The van der Waals surface area contributed by atoms with Crippen LogP contribution in [0.4, 0.5) is 5.95 Å².